The summed E-state index contributed by atoms with van der Waals surface area (Å²) < 4.78 is 5.14. The Labute approximate surface area is 118 Å². The van der Waals surface area contributed by atoms with Crippen LogP contribution in [0.2, 0.25) is 5.02 Å². The fraction of sp³-hybridized carbons (Fsp3) is 0.533. The molecule has 0 amide bonds. The van der Waals surface area contributed by atoms with Gasteiger partial charge in [-0.25, -0.2) is 0 Å². The van der Waals surface area contributed by atoms with E-state index in [1.807, 2.05) is 18.2 Å². The zero-order valence-corrected chi connectivity index (χ0v) is 11.8. The maximum Gasteiger partial charge on any atom is 0.307 e. The van der Waals surface area contributed by atoms with Crippen molar-refractivity contribution in [2.24, 2.45) is 5.92 Å². The molecule has 2 unspecified atom stereocenters. The molecule has 3 nitrogen and oxygen atoms in total. The average Bonchev–Trinajstić information content (AvgIpc) is 2.64. The summed E-state index contributed by atoms with van der Waals surface area (Å²) in [6.07, 6.45) is 4.86. The molecule has 0 saturated heterocycles. The number of halogens is 1. The number of ether oxygens (including phenoxy) is 1. The third-order valence-corrected chi connectivity index (χ3v) is 4.23. The zero-order chi connectivity index (χ0) is 13.8. The Morgan fingerprint density at radius 1 is 1.32 bits per heavy atom. The smallest absolute Gasteiger partial charge is 0.307 e. The van der Waals surface area contributed by atoms with E-state index in [1.54, 1.807) is 7.11 Å². The van der Waals surface area contributed by atoms with Crippen molar-refractivity contribution in [3.8, 4) is 5.75 Å². The Kier molecular flexibility index (Phi) is 4.70. The van der Waals surface area contributed by atoms with Crippen LogP contribution in [0.25, 0.3) is 0 Å². The molecule has 0 bridgehead atoms. The van der Waals surface area contributed by atoms with Gasteiger partial charge in [0.25, 0.3) is 0 Å². The molecular weight excluding hydrogens is 264 g/mol. The van der Waals surface area contributed by atoms with E-state index in [2.05, 4.69) is 0 Å². The molecule has 1 fully saturated rings. The van der Waals surface area contributed by atoms with Crippen LogP contribution in [0.1, 0.15) is 43.6 Å². The molecule has 1 saturated carbocycles. The first-order chi connectivity index (χ1) is 9.13. The lowest BCUT2D eigenvalue weighted by molar-refractivity contribution is -0.142. The van der Waals surface area contributed by atoms with Gasteiger partial charge in [-0.15, -0.1) is 0 Å². The lowest BCUT2D eigenvalue weighted by atomic mass is 9.82. The molecule has 1 aromatic carbocycles. The molecule has 0 heterocycles. The Hall–Kier alpha value is -1.22. The third kappa shape index (κ3) is 3.21. The highest BCUT2D eigenvalue weighted by molar-refractivity contribution is 6.32. The van der Waals surface area contributed by atoms with E-state index in [9.17, 15) is 9.90 Å². The quantitative estimate of drug-likeness (QED) is 0.849. The molecule has 1 aromatic rings. The lowest BCUT2D eigenvalue weighted by Crippen LogP contribution is -2.21. The van der Waals surface area contributed by atoms with Crippen LogP contribution in [-0.4, -0.2) is 18.2 Å². The predicted molar refractivity (Wildman–Crippen MR) is 75.0 cm³/mol. The predicted octanol–water partition coefficient (Wildman–Crippen LogP) is 4.10. The topological polar surface area (TPSA) is 46.5 Å². The highest BCUT2D eigenvalue weighted by Gasteiger charge is 2.30. The fourth-order valence-corrected chi connectivity index (χ4v) is 3.18. The standard InChI is InChI=1S/C15H19ClO3/c1-19-14-8-7-10(9-13(14)16)11-5-3-2-4-6-12(11)15(17)18/h7-9,11-12H,2-6H2,1H3,(H,17,18). The maximum absolute atomic E-state index is 11.4. The van der Waals surface area contributed by atoms with Gasteiger partial charge in [-0.05, 0) is 36.5 Å². The van der Waals surface area contributed by atoms with Gasteiger partial charge in [0.2, 0.25) is 0 Å². The number of carbonyl (C=O) groups is 1. The molecule has 0 aliphatic heterocycles. The molecule has 0 spiro atoms. The summed E-state index contributed by atoms with van der Waals surface area (Å²) in [7, 11) is 1.58. The second-order valence-electron chi connectivity index (χ2n) is 5.08. The van der Waals surface area contributed by atoms with Gasteiger partial charge < -0.3 is 9.84 Å². The van der Waals surface area contributed by atoms with Crippen LogP contribution in [0.15, 0.2) is 18.2 Å². The van der Waals surface area contributed by atoms with Crippen LogP contribution in [-0.2, 0) is 4.79 Å². The van der Waals surface area contributed by atoms with E-state index in [0.29, 0.717) is 10.8 Å². The van der Waals surface area contributed by atoms with E-state index in [0.717, 1.165) is 37.7 Å². The van der Waals surface area contributed by atoms with E-state index in [1.165, 1.54) is 0 Å². The number of aliphatic carboxylic acids is 1. The van der Waals surface area contributed by atoms with Crippen LogP contribution in [0.4, 0.5) is 0 Å². The summed E-state index contributed by atoms with van der Waals surface area (Å²) >= 11 is 6.14. The van der Waals surface area contributed by atoms with Crippen molar-refractivity contribution in [1.29, 1.82) is 0 Å². The van der Waals surface area contributed by atoms with Crippen LogP contribution in [0, 0.1) is 5.92 Å². The molecule has 0 aromatic heterocycles. The molecule has 2 rings (SSSR count). The normalized spacial score (nSPS) is 23.7. The van der Waals surface area contributed by atoms with E-state index >= 15 is 0 Å². The second kappa shape index (κ2) is 6.29. The number of carboxylic acids is 1. The molecule has 0 radical (unpaired) electrons. The minimum absolute atomic E-state index is 0.0587. The minimum atomic E-state index is -0.696. The second-order valence-corrected chi connectivity index (χ2v) is 5.49. The van der Waals surface area contributed by atoms with Crippen molar-refractivity contribution in [3.05, 3.63) is 28.8 Å². The van der Waals surface area contributed by atoms with Crippen LogP contribution in [0.5, 0.6) is 5.75 Å². The SMILES string of the molecule is COc1ccc(C2CCCCCC2C(=O)O)cc1Cl. The number of methoxy groups -OCH3 is 1. The highest BCUT2D eigenvalue weighted by atomic mass is 35.5. The number of hydrogen-bond donors (Lipinski definition) is 1. The summed E-state index contributed by atoms with van der Waals surface area (Å²) in [6, 6.07) is 5.62. The van der Waals surface area contributed by atoms with Gasteiger partial charge in [-0.2, -0.15) is 0 Å². The van der Waals surface area contributed by atoms with Crippen molar-refractivity contribution in [2.45, 2.75) is 38.0 Å². The van der Waals surface area contributed by atoms with Crippen LogP contribution < -0.4 is 4.74 Å². The van der Waals surface area contributed by atoms with Crippen LogP contribution >= 0.6 is 11.6 Å². The first kappa shape index (κ1) is 14.2. The molecule has 19 heavy (non-hydrogen) atoms. The summed E-state index contributed by atoms with van der Waals surface area (Å²) in [6.45, 7) is 0. The Bertz CT molecular complexity index is 459. The largest absolute Gasteiger partial charge is 0.495 e. The summed E-state index contributed by atoms with van der Waals surface area (Å²) in [5.74, 6) is -0.305. The van der Waals surface area contributed by atoms with Crippen molar-refractivity contribution in [1.82, 2.24) is 0 Å². The fourth-order valence-electron chi connectivity index (χ4n) is 2.92. The van der Waals surface area contributed by atoms with Crippen molar-refractivity contribution < 1.29 is 14.6 Å². The first-order valence-electron chi connectivity index (χ1n) is 6.69. The Morgan fingerprint density at radius 3 is 2.68 bits per heavy atom. The van der Waals surface area contributed by atoms with Crippen molar-refractivity contribution in [2.75, 3.05) is 7.11 Å². The van der Waals surface area contributed by atoms with Gasteiger partial charge in [-0.1, -0.05) is 36.9 Å². The monoisotopic (exact) mass is 282 g/mol. The van der Waals surface area contributed by atoms with Gasteiger partial charge >= 0.3 is 5.97 Å². The van der Waals surface area contributed by atoms with Gasteiger partial charge in [0.15, 0.2) is 0 Å². The van der Waals surface area contributed by atoms with Crippen LogP contribution in [0.3, 0.4) is 0 Å². The maximum atomic E-state index is 11.4. The van der Waals surface area contributed by atoms with Gasteiger partial charge in [0, 0.05) is 0 Å². The zero-order valence-electron chi connectivity index (χ0n) is 11.1. The number of rotatable bonds is 3. The molecule has 4 heteroatoms. The van der Waals surface area contributed by atoms with Crippen molar-refractivity contribution in [3.63, 3.8) is 0 Å². The highest BCUT2D eigenvalue weighted by Crippen LogP contribution is 2.39. The number of benzene rings is 1. The lowest BCUT2D eigenvalue weighted by Gasteiger charge is -2.22. The van der Waals surface area contributed by atoms with E-state index < -0.39 is 5.97 Å². The van der Waals surface area contributed by atoms with E-state index in [4.69, 9.17) is 16.3 Å². The third-order valence-electron chi connectivity index (χ3n) is 3.94. The molecular formula is C15H19ClO3. The molecule has 104 valence electrons. The number of hydrogen-bond acceptors (Lipinski definition) is 2. The number of carboxylic acid groups (broad SMARTS) is 1. The first-order valence-corrected chi connectivity index (χ1v) is 7.07. The Balaban J connectivity index is 2.30. The summed E-state index contributed by atoms with van der Waals surface area (Å²) in [4.78, 5) is 11.4. The molecule has 1 aliphatic rings. The van der Waals surface area contributed by atoms with Gasteiger partial charge in [0.1, 0.15) is 5.75 Å². The molecule has 1 N–H and O–H groups in total. The van der Waals surface area contributed by atoms with Crippen molar-refractivity contribution >= 4 is 17.6 Å². The molecule has 1 aliphatic carbocycles. The average molecular weight is 283 g/mol. The van der Waals surface area contributed by atoms with E-state index in [-0.39, 0.29) is 11.8 Å². The summed E-state index contributed by atoms with van der Waals surface area (Å²) in [5, 5.41) is 9.96. The molecule has 2 atom stereocenters. The summed E-state index contributed by atoms with van der Waals surface area (Å²) in [5.41, 5.74) is 1.01. The van der Waals surface area contributed by atoms with Gasteiger partial charge in [0.05, 0.1) is 18.1 Å². The Morgan fingerprint density at radius 2 is 2.05 bits per heavy atom. The minimum Gasteiger partial charge on any atom is -0.495 e. The van der Waals surface area contributed by atoms with Gasteiger partial charge in [-0.3, -0.25) is 4.79 Å².